The molecule has 1 saturated carbocycles. The van der Waals surface area contributed by atoms with E-state index in [9.17, 15) is 4.79 Å². The molecule has 27 heavy (non-hydrogen) atoms. The average Bonchev–Trinajstić information content (AvgIpc) is 2.86. The Morgan fingerprint density at radius 2 is 2.00 bits per heavy atom. The largest absolute Gasteiger partial charge is 0.492 e. The number of nitrogens with zero attached hydrogens (tertiary/aromatic N) is 2. The molecule has 0 unspecified atom stereocenters. The summed E-state index contributed by atoms with van der Waals surface area (Å²) in [5.74, 6) is 1.27. The number of ether oxygens (including phenoxy) is 2. The molecule has 0 N–H and O–H groups in total. The molecule has 1 heterocycles. The summed E-state index contributed by atoms with van der Waals surface area (Å²) in [7, 11) is 3.46. The van der Waals surface area contributed by atoms with Gasteiger partial charge in [-0.25, -0.2) is 0 Å². The van der Waals surface area contributed by atoms with Gasteiger partial charge < -0.3 is 14.4 Å². The molecular formula is C20H25BrN2O3S. The lowest BCUT2D eigenvalue weighted by Crippen LogP contribution is -2.41. The van der Waals surface area contributed by atoms with Crippen molar-refractivity contribution in [3.63, 3.8) is 0 Å². The summed E-state index contributed by atoms with van der Waals surface area (Å²) in [6, 6.07) is 4.02. The molecule has 1 aromatic carbocycles. The van der Waals surface area contributed by atoms with E-state index in [0.717, 1.165) is 35.7 Å². The number of carbonyl (C=O) groups is 1. The number of hydrogen-bond acceptors (Lipinski definition) is 4. The monoisotopic (exact) mass is 452 g/mol. The van der Waals surface area contributed by atoms with E-state index < -0.39 is 0 Å². The van der Waals surface area contributed by atoms with Gasteiger partial charge in [-0.1, -0.05) is 19.3 Å². The molecule has 1 amide bonds. The number of benzene rings is 1. The second-order valence-corrected chi connectivity index (χ2v) is 8.02. The van der Waals surface area contributed by atoms with Crippen LogP contribution in [0.5, 0.6) is 11.5 Å². The summed E-state index contributed by atoms with van der Waals surface area (Å²) >= 11 is 9.11. The van der Waals surface area contributed by atoms with Gasteiger partial charge in [0, 0.05) is 13.1 Å². The quantitative estimate of drug-likeness (QED) is 0.482. The first-order valence-corrected chi connectivity index (χ1v) is 10.5. The Bertz CT molecular complexity index is 775. The minimum atomic E-state index is -0.0145. The van der Waals surface area contributed by atoms with Crippen LogP contribution < -0.4 is 9.47 Å². The van der Waals surface area contributed by atoms with Crippen LogP contribution in [-0.2, 0) is 4.79 Å². The molecule has 2 fully saturated rings. The van der Waals surface area contributed by atoms with Gasteiger partial charge in [0.1, 0.15) is 5.70 Å². The highest BCUT2D eigenvalue weighted by Gasteiger charge is 2.40. The summed E-state index contributed by atoms with van der Waals surface area (Å²) in [6.07, 6.45) is 7.46. The van der Waals surface area contributed by atoms with Gasteiger partial charge in [0.25, 0.3) is 5.91 Å². The van der Waals surface area contributed by atoms with Crippen molar-refractivity contribution in [1.29, 1.82) is 0 Å². The molecule has 2 aliphatic rings. The van der Waals surface area contributed by atoms with Gasteiger partial charge in [0.05, 0.1) is 18.2 Å². The number of thiocarbonyl (C=S) groups is 1. The first kappa shape index (κ1) is 20.1. The Morgan fingerprint density at radius 3 is 2.63 bits per heavy atom. The third kappa shape index (κ3) is 3.99. The molecule has 3 rings (SSSR count). The van der Waals surface area contributed by atoms with Gasteiger partial charge >= 0.3 is 0 Å². The van der Waals surface area contributed by atoms with E-state index in [2.05, 4.69) is 15.9 Å². The summed E-state index contributed by atoms with van der Waals surface area (Å²) in [4.78, 5) is 16.7. The Morgan fingerprint density at radius 1 is 1.30 bits per heavy atom. The van der Waals surface area contributed by atoms with Crippen molar-refractivity contribution < 1.29 is 14.3 Å². The van der Waals surface area contributed by atoms with Crippen molar-refractivity contribution in [2.45, 2.75) is 45.1 Å². The van der Waals surface area contributed by atoms with Crippen molar-refractivity contribution in [3.05, 3.63) is 27.9 Å². The van der Waals surface area contributed by atoms with Crippen molar-refractivity contribution in [1.82, 2.24) is 9.80 Å². The number of amides is 1. The van der Waals surface area contributed by atoms with E-state index in [1.165, 1.54) is 6.42 Å². The average molecular weight is 453 g/mol. The first-order chi connectivity index (χ1) is 13.0. The number of rotatable bonds is 5. The second kappa shape index (κ2) is 8.61. The highest BCUT2D eigenvalue weighted by Crippen LogP contribution is 2.38. The van der Waals surface area contributed by atoms with Crippen LogP contribution in [0.1, 0.15) is 44.6 Å². The van der Waals surface area contributed by atoms with Gasteiger partial charge in [-0.3, -0.25) is 9.69 Å². The number of hydrogen-bond donors (Lipinski definition) is 0. The number of halogens is 1. The third-order valence-electron chi connectivity index (χ3n) is 5.07. The van der Waals surface area contributed by atoms with Crippen molar-refractivity contribution >= 4 is 45.2 Å². The molecule has 0 bridgehead atoms. The minimum absolute atomic E-state index is 0.0145. The summed E-state index contributed by atoms with van der Waals surface area (Å²) in [5.41, 5.74) is 1.44. The van der Waals surface area contributed by atoms with Crippen molar-refractivity contribution in [2.75, 3.05) is 20.8 Å². The van der Waals surface area contributed by atoms with E-state index in [1.54, 1.807) is 7.11 Å². The molecule has 1 saturated heterocycles. The van der Waals surface area contributed by atoms with Gasteiger partial charge in [0.2, 0.25) is 0 Å². The fraction of sp³-hybridized carbons (Fsp3) is 0.500. The Balaban J connectivity index is 1.94. The predicted molar refractivity (Wildman–Crippen MR) is 114 cm³/mol. The molecule has 0 radical (unpaired) electrons. The molecule has 0 atom stereocenters. The summed E-state index contributed by atoms with van der Waals surface area (Å²) in [5, 5.41) is 0.593. The molecule has 1 aromatic rings. The van der Waals surface area contributed by atoms with Crippen LogP contribution in [0.4, 0.5) is 0 Å². The number of carbonyl (C=O) groups excluding carboxylic acids is 1. The first-order valence-electron chi connectivity index (χ1n) is 9.31. The Hall–Kier alpha value is -1.60. The second-order valence-electron chi connectivity index (χ2n) is 6.81. The van der Waals surface area contributed by atoms with E-state index >= 15 is 0 Å². The molecule has 7 heteroatoms. The fourth-order valence-electron chi connectivity index (χ4n) is 3.73. The highest BCUT2D eigenvalue weighted by molar-refractivity contribution is 9.10. The zero-order chi connectivity index (χ0) is 19.6. The minimum Gasteiger partial charge on any atom is -0.492 e. The van der Waals surface area contributed by atoms with Crippen LogP contribution in [0, 0.1) is 0 Å². The summed E-state index contributed by atoms with van der Waals surface area (Å²) < 4.78 is 11.9. The zero-order valence-electron chi connectivity index (χ0n) is 16.0. The maximum absolute atomic E-state index is 13.1. The standard InChI is InChI=1S/C20H25BrN2O3S/c1-4-26-17-12-13(10-15(21)18(17)25-3)11-16-19(24)23(20(27)22(16)2)14-8-6-5-7-9-14/h10-12,14H,4-9H2,1-3H3. The SMILES string of the molecule is CCOc1cc(C=C2C(=O)N(C3CCCCC3)C(=S)N2C)cc(Br)c1OC. The van der Waals surface area contributed by atoms with Gasteiger partial charge in [-0.15, -0.1) is 0 Å². The molecule has 0 aromatic heterocycles. The van der Waals surface area contributed by atoms with Crippen LogP contribution in [0.2, 0.25) is 0 Å². The maximum Gasteiger partial charge on any atom is 0.277 e. The molecular weight excluding hydrogens is 428 g/mol. The van der Waals surface area contributed by atoms with Gasteiger partial charge in [0.15, 0.2) is 16.6 Å². The molecule has 1 aliphatic heterocycles. The topological polar surface area (TPSA) is 42.0 Å². The third-order valence-corrected chi connectivity index (χ3v) is 6.13. The molecule has 5 nitrogen and oxygen atoms in total. The van der Waals surface area contributed by atoms with Crippen LogP contribution >= 0.6 is 28.1 Å². The number of methoxy groups -OCH3 is 1. The van der Waals surface area contributed by atoms with Crippen LogP contribution in [0.3, 0.4) is 0 Å². The lowest BCUT2D eigenvalue weighted by atomic mass is 9.94. The molecule has 1 aliphatic carbocycles. The highest BCUT2D eigenvalue weighted by atomic mass is 79.9. The van der Waals surface area contributed by atoms with E-state index in [-0.39, 0.29) is 11.9 Å². The fourth-order valence-corrected chi connectivity index (χ4v) is 4.68. The van der Waals surface area contributed by atoms with E-state index in [1.807, 2.05) is 42.0 Å². The smallest absolute Gasteiger partial charge is 0.277 e. The van der Waals surface area contributed by atoms with Crippen molar-refractivity contribution in [2.24, 2.45) is 0 Å². The Labute approximate surface area is 174 Å². The van der Waals surface area contributed by atoms with Crippen LogP contribution in [0.25, 0.3) is 6.08 Å². The molecule has 146 valence electrons. The predicted octanol–water partition coefficient (Wildman–Crippen LogP) is 4.59. The normalized spacial score (nSPS) is 19.9. The van der Waals surface area contributed by atoms with E-state index in [4.69, 9.17) is 21.7 Å². The summed E-state index contributed by atoms with van der Waals surface area (Å²) in [6.45, 7) is 2.45. The lowest BCUT2D eigenvalue weighted by Gasteiger charge is -2.30. The van der Waals surface area contributed by atoms with Gasteiger partial charge in [-0.05, 0) is 71.7 Å². The van der Waals surface area contributed by atoms with Gasteiger partial charge in [-0.2, -0.15) is 0 Å². The number of likely N-dealkylation sites (N-methyl/N-ethyl adjacent to an activating group) is 1. The lowest BCUT2D eigenvalue weighted by molar-refractivity contribution is -0.124. The van der Waals surface area contributed by atoms with Crippen molar-refractivity contribution in [3.8, 4) is 11.5 Å². The van der Waals surface area contributed by atoms with Crippen LogP contribution in [-0.4, -0.2) is 47.6 Å². The Kier molecular flexibility index (Phi) is 6.42. The molecule has 0 spiro atoms. The zero-order valence-corrected chi connectivity index (χ0v) is 18.4. The van der Waals surface area contributed by atoms with E-state index in [0.29, 0.717) is 28.9 Å². The van der Waals surface area contributed by atoms with Crippen LogP contribution in [0.15, 0.2) is 22.3 Å². The maximum atomic E-state index is 13.1.